The number of carboxylic acid groups (broad SMARTS) is 1. The molecule has 2 aliphatic rings. The van der Waals surface area contributed by atoms with Gasteiger partial charge >= 0.3 is 12.1 Å². The lowest BCUT2D eigenvalue weighted by Crippen LogP contribution is -2.47. The van der Waals surface area contributed by atoms with Crippen molar-refractivity contribution in [3.05, 3.63) is 12.7 Å². The molecule has 0 aromatic heterocycles. The molecular weight excluding hydrogens is 210 g/mol. The minimum absolute atomic E-state index is 0.141. The number of carboxylic acids is 1. The number of amides is 1. The molecule has 0 aliphatic heterocycles. The first kappa shape index (κ1) is 11.0. The molecule has 0 unspecified atom stereocenters. The van der Waals surface area contributed by atoms with Gasteiger partial charge in [0.2, 0.25) is 0 Å². The van der Waals surface area contributed by atoms with E-state index in [0.717, 1.165) is 12.8 Å². The van der Waals surface area contributed by atoms with Gasteiger partial charge in [-0.2, -0.15) is 0 Å². The first-order valence-electron chi connectivity index (χ1n) is 5.36. The van der Waals surface area contributed by atoms with Gasteiger partial charge in [-0.3, -0.25) is 4.79 Å². The van der Waals surface area contributed by atoms with E-state index in [9.17, 15) is 9.59 Å². The fourth-order valence-electron chi connectivity index (χ4n) is 2.24. The Hall–Kier alpha value is -1.52. The highest BCUT2D eigenvalue weighted by molar-refractivity contribution is 5.82. The smallest absolute Gasteiger partial charge is 0.407 e. The van der Waals surface area contributed by atoms with Crippen molar-refractivity contribution in [1.82, 2.24) is 5.32 Å². The topological polar surface area (TPSA) is 75.6 Å². The van der Waals surface area contributed by atoms with E-state index in [0.29, 0.717) is 12.8 Å². The van der Waals surface area contributed by atoms with Gasteiger partial charge in [-0.1, -0.05) is 12.7 Å². The molecule has 0 heterocycles. The Bertz CT molecular complexity index is 342. The Morgan fingerprint density at radius 3 is 2.38 bits per heavy atom. The van der Waals surface area contributed by atoms with E-state index >= 15 is 0 Å². The third kappa shape index (κ3) is 1.56. The van der Waals surface area contributed by atoms with Gasteiger partial charge in [0.1, 0.15) is 6.61 Å². The summed E-state index contributed by atoms with van der Waals surface area (Å²) >= 11 is 0. The van der Waals surface area contributed by atoms with Crippen molar-refractivity contribution in [1.29, 1.82) is 0 Å². The maximum Gasteiger partial charge on any atom is 0.407 e. The van der Waals surface area contributed by atoms with Crippen LogP contribution in [0.1, 0.15) is 25.7 Å². The Morgan fingerprint density at radius 2 is 2.00 bits per heavy atom. The molecule has 2 aliphatic carbocycles. The number of nitrogens with one attached hydrogen (secondary N) is 1. The summed E-state index contributed by atoms with van der Waals surface area (Å²) in [5.41, 5.74) is -1.29. The van der Waals surface area contributed by atoms with Crippen LogP contribution >= 0.6 is 0 Å². The number of hydrogen-bond acceptors (Lipinski definition) is 3. The van der Waals surface area contributed by atoms with E-state index in [4.69, 9.17) is 9.84 Å². The lowest BCUT2D eigenvalue weighted by Gasteiger charge is -2.23. The van der Waals surface area contributed by atoms with Crippen LogP contribution in [0.3, 0.4) is 0 Å². The van der Waals surface area contributed by atoms with E-state index in [-0.39, 0.29) is 6.61 Å². The van der Waals surface area contributed by atoms with E-state index in [1.165, 1.54) is 6.08 Å². The van der Waals surface area contributed by atoms with Crippen molar-refractivity contribution in [2.24, 2.45) is 5.41 Å². The van der Waals surface area contributed by atoms with Gasteiger partial charge < -0.3 is 15.2 Å². The summed E-state index contributed by atoms with van der Waals surface area (Å²) in [7, 11) is 0. The van der Waals surface area contributed by atoms with Crippen LogP contribution in [-0.2, 0) is 9.53 Å². The minimum Gasteiger partial charge on any atom is -0.481 e. The van der Waals surface area contributed by atoms with Crippen molar-refractivity contribution in [3.63, 3.8) is 0 Å². The zero-order valence-corrected chi connectivity index (χ0v) is 8.99. The zero-order chi connectivity index (χ0) is 11.8. The molecule has 2 N–H and O–H groups in total. The molecule has 1 amide bonds. The first-order valence-corrected chi connectivity index (χ1v) is 5.36. The maximum atomic E-state index is 11.4. The van der Waals surface area contributed by atoms with Crippen LogP contribution in [0.5, 0.6) is 0 Å². The third-order valence-corrected chi connectivity index (χ3v) is 3.50. The Labute approximate surface area is 93.5 Å². The molecule has 0 atom stereocenters. The number of alkyl carbamates (subject to hydrolysis) is 1. The zero-order valence-electron chi connectivity index (χ0n) is 8.99. The summed E-state index contributed by atoms with van der Waals surface area (Å²) in [6, 6.07) is 0. The summed E-state index contributed by atoms with van der Waals surface area (Å²) in [5, 5.41) is 11.9. The minimum atomic E-state index is -0.811. The Balaban J connectivity index is 1.97. The molecule has 16 heavy (non-hydrogen) atoms. The third-order valence-electron chi connectivity index (χ3n) is 3.50. The molecule has 0 bridgehead atoms. The Kier molecular flexibility index (Phi) is 2.40. The summed E-state index contributed by atoms with van der Waals surface area (Å²) in [5.74, 6) is -0.811. The number of rotatable bonds is 5. The summed E-state index contributed by atoms with van der Waals surface area (Å²) in [6.07, 6.45) is 3.66. The second-order valence-corrected chi connectivity index (χ2v) is 4.48. The average molecular weight is 225 g/mol. The SMILES string of the molecule is C=CCOC(=O)NC1(C2(C(=O)O)CC2)CC1. The largest absolute Gasteiger partial charge is 0.481 e. The van der Waals surface area contributed by atoms with E-state index in [1.54, 1.807) is 0 Å². The quantitative estimate of drug-likeness (QED) is 0.691. The molecule has 0 radical (unpaired) electrons. The fraction of sp³-hybridized carbons (Fsp3) is 0.636. The standard InChI is InChI=1S/C11H15NO4/c1-2-7-16-9(15)12-11(5-6-11)10(3-4-10)8(13)14/h2H,1,3-7H2,(H,12,15)(H,13,14). The molecule has 5 heteroatoms. The molecule has 88 valence electrons. The molecule has 0 spiro atoms. The van der Waals surface area contributed by atoms with Crippen LogP contribution in [0.25, 0.3) is 0 Å². The van der Waals surface area contributed by atoms with Gasteiger partial charge in [0.25, 0.3) is 0 Å². The molecule has 5 nitrogen and oxygen atoms in total. The van der Waals surface area contributed by atoms with Gasteiger partial charge in [-0.05, 0) is 25.7 Å². The highest BCUT2D eigenvalue weighted by Gasteiger charge is 2.71. The van der Waals surface area contributed by atoms with E-state index < -0.39 is 23.0 Å². The molecular formula is C11H15NO4. The second-order valence-electron chi connectivity index (χ2n) is 4.48. The Morgan fingerprint density at radius 1 is 1.38 bits per heavy atom. The monoisotopic (exact) mass is 225 g/mol. The number of hydrogen-bond donors (Lipinski definition) is 2. The molecule has 2 saturated carbocycles. The summed E-state index contributed by atoms with van der Waals surface area (Å²) < 4.78 is 4.81. The van der Waals surface area contributed by atoms with Crippen LogP contribution in [0.4, 0.5) is 4.79 Å². The van der Waals surface area contributed by atoms with Crippen LogP contribution in [0.15, 0.2) is 12.7 Å². The van der Waals surface area contributed by atoms with Crippen molar-refractivity contribution >= 4 is 12.1 Å². The van der Waals surface area contributed by atoms with Gasteiger partial charge in [0.05, 0.1) is 11.0 Å². The lowest BCUT2D eigenvalue weighted by atomic mass is 9.94. The van der Waals surface area contributed by atoms with Gasteiger partial charge in [0, 0.05) is 0 Å². The molecule has 0 aromatic carbocycles. The van der Waals surface area contributed by atoms with Crippen LogP contribution in [0, 0.1) is 5.41 Å². The van der Waals surface area contributed by atoms with Crippen molar-refractivity contribution in [2.75, 3.05) is 6.61 Å². The van der Waals surface area contributed by atoms with E-state index in [1.807, 2.05) is 0 Å². The van der Waals surface area contributed by atoms with Crippen LogP contribution in [0.2, 0.25) is 0 Å². The molecule has 0 saturated heterocycles. The summed E-state index contributed by atoms with van der Waals surface area (Å²) in [4.78, 5) is 22.5. The normalized spacial score (nSPS) is 23.0. The highest BCUT2D eigenvalue weighted by Crippen LogP contribution is 2.64. The molecule has 2 fully saturated rings. The fourth-order valence-corrected chi connectivity index (χ4v) is 2.24. The van der Waals surface area contributed by atoms with Crippen LogP contribution in [-0.4, -0.2) is 29.3 Å². The predicted molar refractivity (Wildman–Crippen MR) is 55.9 cm³/mol. The second kappa shape index (κ2) is 3.50. The number of aliphatic carboxylic acids is 1. The van der Waals surface area contributed by atoms with E-state index in [2.05, 4.69) is 11.9 Å². The lowest BCUT2D eigenvalue weighted by molar-refractivity contribution is -0.145. The predicted octanol–water partition coefficient (Wildman–Crippen LogP) is 1.30. The van der Waals surface area contributed by atoms with Crippen molar-refractivity contribution in [2.45, 2.75) is 31.2 Å². The number of carbonyl (C=O) groups is 2. The number of ether oxygens (including phenoxy) is 1. The van der Waals surface area contributed by atoms with Gasteiger partial charge in [-0.25, -0.2) is 4.79 Å². The first-order chi connectivity index (χ1) is 7.56. The average Bonchev–Trinajstić information content (AvgIpc) is 3.06. The maximum absolute atomic E-state index is 11.4. The van der Waals surface area contributed by atoms with Gasteiger partial charge in [-0.15, -0.1) is 0 Å². The van der Waals surface area contributed by atoms with Crippen molar-refractivity contribution in [3.8, 4) is 0 Å². The molecule has 0 aromatic rings. The van der Waals surface area contributed by atoms with Gasteiger partial charge in [0.15, 0.2) is 0 Å². The molecule has 2 rings (SSSR count). The number of carbonyl (C=O) groups excluding carboxylic acids is 1. The van der Waals surface area contributed by atoms with Crippen molar-refractivity contribution < 1.29 is 19.4 Å². The van der Waals surface area contributed by atoms with Crippen LogP contribution < -0.4 is 5.32 Å². The summed E-state index contributed by atoms with van der Waals surface area (Å²) in [6.45, 7) is 3.58. The highest BCUT2D eigenvalue weighted by atomic mass is 16.5.